The Morgan fingerprint density at radius 2 is 1.67 bits per heavy atom. The molecule has 30 heavy (non-hydrogen) atoms. The fourth-order valence-electron chi connectivity index (χ4n) is 2.99. The number of anilines is 3. The third-order valence-corrected chi connectivity index (χ3v) is 4.46. The van der Waals surface area contributed by atoms with Crippen LogP contribution in [-0.4, -0.2) is 20.2 Å². The van der Waals surface area contributed by atoms with Gasteiger partial charge in [0.15, 0.2) is 5.82 Å². The molecular formula is C21H17F3N6. The minimum atomic E-state index is -0.639. The summed E-state index contributed by atoms with van der Waals surface area (Å²) in [5.41, 5.74) is 1.23. The Bertz CT molecular complexity index is 1180. The SMILES string of the molecule is CC(Nc1cc(Nc2cc(-c3ccccc3F)[nH]n2)ncn1)c1ccc(F)cc1F. The zero-order chi connectivity index (χ0) is 21.1. The van der Waals surface area contributed by atoms with Gasteiger partial charge in [0.2, 0.25) is 0 Å². The Labute approximate surface area is 170 Å². The summed E-state index contributed by atoms with van der Waals surface area (Å²) in [5.74, 6) is -0.316. The normalized spacial score (nSPS) is 11.9. The van der Waals surface area contributed by atoms with E-state index in [1.807, 2.05) is 0 Å². The molecule has 1 atom stereocenters. The van der Waals surface area contributed by atoms with Gasteiger partial charge in [0, 0.05) is 29.3 Å². The second-order valence-corrected chi connectivity index (χ2v) is 6.59. The quantitative estimate of drug-likeness (QED) is 0.407. The highest BCUT2D eigenvalue weighted by Crippen LogP contribution is 2.25. The van der Waals surface area contributed by atoms with E-state index < -0.39 is 17.7 Å². The van der Waals surface area contributed by atoms with Crippen LogP contribution in [0.25, 0.3) is 11.3 Å². The van der Waals surface area contributed by atoms with Crippen molar-refractivity contribution in [2.24, 2.45) is 0 Å². The first-order valence-electron chi connectivity index (χ1n) is 9.10. The summed E-state index contributed by atoms with van der Waals surface area (Å²) in [7, 11) is 0. The summed E-state index contributed by atoms with van der Waals surface area (Å²) < 4.78 is 41.0. The third kappa shape index (κ3) is 4.24. The van der Waals surface area contributed by atoms with Crippen molar-refractivity contribution in [1.29, 1.82) is 0 Å². The minimum absolute atomic E-state index is 0.311. The molecule has 0 aliphatic rings. The molecule has 3 N–H and O–H groups in total. The van der Waals surface area contributed by atoms with Crippen molar-refractivity contribution in [3.63, 3.8) is 0 Å². The molecule has 4 aromatic rings. The highest BCUT2D eigenvalue weighted by atomic mass is 19.1. The number of aromatic amines is 1. The number of rotatable bonds is 6. The number of aromatic nitrogens is 4. The van der Waals surface area contributed by atoms with Crippen molar-refractivity contribution >= 4 is 17.5 Å². The molecule has 1 unspecified atom stereocenters. The maximum Gasteiger partial charge on any atom is 0.153 e. The van der Waals surface area contributed by atoms with Gasteiger partial charge in [-0.3, -0.25) is 5.10 Å². The lowest BCUT2D eigenvalue weighted by atomic mass is 10.1. The van der Waals surface area contributed by atoms with Crippen molar-refractivity contribution < 1.29 is 13.2 Å². The fraction of sp³-hybridized carbons (Fsp3) is 0.0952. The van der Waals surface area contributed by atoms with E-state index in [9.17, 15) is 13.2 Å². The van der Waals surface area contributed by atoms with E-state index in [-0.39, 0.29) is 5.82 Å². The van der Waals surface area contributed by atoms with Crippen LogP contribution in [0, 0.1) is 17.5 Å². The first kappa shape index (κ1) is 19.4. The molecule has 0 spiro atoms. The number of hydrogen-bond donors (Lipinski definition) is 3. The maximum absolute atomic E-state index is 14.0. The predicted octanol–water partition coefficient (Wildman–Crippen LogP) is 5.20. The molecule has 2 aromatic heterocycles. The standard InChI is InChI=1S/C21H17F3N6/c1-12(14-7-6-13(22)8-17(14)24)27-19-10-20(26-11-25-19)28-21-9-18(29-30-21)15-4-2-3-5-16(15)23/h2-12H,1H3,(H3,25,26,27,28,29,30). The summed E-state index contributed by atoms with van der Waals surface area (Å²) in [6, 6.07) is 12.6. The van der Waals surface area contributed by atoms with Crippen LogP contribution in [0.4, 0.5) is 30.6 Å². The van der Waals surface area contributed by atoms with Gasteiger partial charge in [0.1, 0.15) is 35.4 Å². The van der Waals surface area contributed by atoms with Gasteiger partial charge in [0.25, 0.3) is 0 Å². The molecule has 6 nitrogen and oxygen atoms in total. The smallest absolute Gasteiger partial charge is 0.153 e. The van der Waals surface area contributed by atoms with Crippen molar-refractivity contribution in [2.45, 2.75) is 13.0 Å². The van der Waals surface area contributed by atoms with Crippen LogP contribution in [0.15, 0.2) is 60.9 Å². The molecule has 0 saturated carbocycles. The summed E-state index contributed by atoms with van der Waals surface area (Å²) in [4.78, 5) is 8.25. The molecule has 2 heterocycles. The predicted molar refractivity (Wildman–Crippen MR) is 108 cm³/mol. The number of nitrogens with one attached hydrogen (secondary N) is 3. The van der Waals surface area contributed by atoms with Gasteiger partial charge in [0.05, 0.1) is 11.7 Å². The second-order valence-electron chi connectivity index (χ2n) is 6.59. The minimum Gasteiger partial charge on any atom is -0.363 e. The van der Waals surface area contributed by atoms with Gasteiger partial charge < -0.3 is 10.6 Å². The van der Waals surface area contributed by atoms with Crippen LogP contribution in [0.5, 0.6) is 0 Å². The Morgan fingerprint density at radius 1 is 0.867 bits per heavy atom. The first-order chi connectivity index (χ1) is 14.5. The second kappa shape index (κ2) is 8.24. The molecule has 0 bridgehead atoms. The molecule has 0 aliphatic carbocycles. The Balaban J connectivity index is 1.48. The van der Waals surface area contributed by atoms with E-state index in [4.69, 9.17) is 0 Å². The van der Waals surface area contributed by atoms with Gasteiger partial charge in [-0.2, -0.15) is 5.10 Å². The van der Waals surface area contributed by atoms with E-state index >= 15 is 0 Å². The molecule has 0 amide bonds. The van der Waals surface area contributed by atoms with E-state index in [0.29, 0.717) is 34.3 Å². The zero-order valence-electron chi connectivity index (χ0n) is 15.8. The Morgan fingerprint density at radius 3 is 2.47 bits per heavy atom. The van der Waals surface area contributed by atoms with Crippen molar-refractivity contribution in [2.75, 3.05) is 10.6 Å². The first-order valence-corrected chi connectivity index (χ1v) is 9.10. The molecular weight excluding hydrogens is 393 g/mol. The van der Waals surface area contributed by atoms with E-state index in [2.05, 4.69) is 30.8 Å². The van der Waals surface area contributed by atoms with Crippen molar-refractivity contribution in [3.8, 4) is 11.3 Å². The summed E-state index contributed by atoms with van der Waals surface area (Å²) in [6.45, 7) is 1.74. The number of hydrogen-bond acceptors (Lipinski definition) is 5. The van der Waals surface area contributed by atoms with Gasteiger partial charge in [-0.25, -0.2) is 23.1 Å². The number of halogens is 3. The van der Waals surface area contributed by atoms with E-state index in [1.54, 1.807) is 37.3 Å². The Hall–Kier alpha value is -3.88. The lowest BCUT2D eigenvalue weighted by molar-refractivity contribution is 0.566. The van der Waals surface area contributed by atoms with Gasteiger partial charge in [-0.05, 0) is 25.1 Å². The molecule has 152 valence electrons. The number of H-pyrrole nitrogens is 1. The zero-order valence-corrected chi connectivity index (χ0v) is 15.8. The third-order valence-electron chi connectivity index (χ3n) is 4.46. The molecule has 0 fully saturated rings. The molecule has 2 aromatic carbocycles. The summed E-state index contributed by atoms with van der Waals surface area (Å²) in [5, 5.41) is 13.0. The van der Waals surface area contributed by atoms with Crippen LogP contribution >= 0.6 is 0 Å². The van der Waals surface area contributed by atoms with Crippen LogP contribution in [0.1, 0.15) is 18.5 Å². The average Bonchev–Trinajstić information content (AvgIpc) is 3.16. The maximum atomic E-state index is 14.0. The fourth-order valence-corrected chi connectivity index (χ4v) is 2.99. The monoisotopic (exact) mass is 410 g/mol. The van der Waals surface area contributed by atoms with E-state index in [1.165, 1.54) is 24.5 Å². The number of nitrogens with zero attached hydrogens (tertiary/aromatic N) is 3. The molecule has 9 heteroatoms. The topological polar surface area (TPSA) is 78.5 Å². The molecule has 0 saturated heterocycles. The van der Waals surface area contributed by atoms with Gasteiger partial charge in [-0.1, -0.05) is 18.2 Å². The van der Waals surface area contributed by atoms with Crippen LogP contribution < -0.4 is 10.6 Å². The van der Waals surface area contributed by atoms with Crippen LogP contribution in [-0.2, 0) is 0 Å². The van der Waals surface area contributed by atoms with Crippen LogP contribution in [0.3, 0.4) is 0 Å². The molecule has 0 aliphatic heterocycles. The Kier molecular flexibility index (Phi) is 5.34. The van der Waals surface area contributed by atoms with Crippen molar-refractivity contribution in [3.05, 3.63) is 83.9 Å². The van der Waals surface area contributed by atoms with E-state index in [0.717, 1.165) is 6.07 Å². The van der Waals surface area contributed by atoms with Gasteiger partial charge >= 0.3 is 0 Å². The van der Waals surface area contributed by atoms with Crippen LogP contribution in [0.2, 0.25) is 0 Å². The largest absolute Gasteiger partial charge is 0.363 e. The summed E-state index contributed by atoms with van der Waals surface area (Å²) in [6.07, 6.45) is 1.34. The highest BCUT2D eigenvalue weighted by Gasteiger charge is 2.13. The average molecular weight is 410 g/mol. The lowest BCUT2D eigenvalue weighted by Gasteiger charge is -2.16. The van der Waals surface area contributed by atoms with Crippen molar-refractivity contribution in [1.82, 2.24) is 20.2 Å². The molecule has 0 radical (unpaired) electrons. The highest BCUT2D eigenvalue weighted by molar-refractivity contribution is 5.66. The van der Waals surface area contributed by atoms with Gasteiger partial charge in [-0.15, -0.1) is 0 Å². The number of benzene rings is 2. The lowest BCUT2D eigenvalue weighted by Crippen LogP contribution is -2.10. The molecule has 4 rings (SSSR count). The summed E-state index contributed by atoms with van der Waals surface area (Å²) >= 11 is 0.